The third-order valence-corrected chi connectivity index (χ3v) is 3.05. The molecule has 0 aromatic rings. The van der Waals surface area contributed by atoms with Gasteiger partial charge >= 0.3 is 6.03 Å². The maximum absolute atomic E-state index is 10.7. The van der Waals surface area contributed by atoms with Crippen LogP contribution in [0.15, 0.2) is 0 Å². The molecule has 2 N–H and O–H groups in total. The fourth-order valence-electron chi connectivity index (χ4n) is 1.94. The van der Waals surface area contributed by atoms with Crippen LogP contribution in [0.25, 0.3) is 0 Å². The molecule has 0 spiro atoms. The van der Waals surface area contributed by atoms with E-state index in [1.54, 1.807) is 0 Å². The van der Waals surface area contributed by atoms with Crippen LogP contribution < -0.4 is 5.73 Å². The van der Waals surface area contributed by atoms with Gasteiger partial charge in [-0.3, -0.25) is 0 Å². The average Bonchev–Trinajstić information content (AvgIpc) is 2.40. The third kappa shape index (κ3) is 12.0. The molecule has 0 atom stereocenters. The molecule has 0 heterocycles. The molecule has 0 aromatic heterocycles. The number of nitrogens with two attached hydrogens (primary N) is 1. The highest BCUT2D eigenvalue weighted by Gasteiger charge is 2.08. The van der Waals surface area contributed by atoms with Crippen LogP contribution in [0.4, 0.5) is 4.79 Å². The van der Waals surface area contributed by atoms with Crippen LogP contribution in [-0.4, -0.2) is 25.0 Å². The summed E-state index contributed by atoms with van der Waals surface area (Å²) in [6.45, 7) is 2.71. The van der Waals surface area contributed by atoms with Crippen LogP contribution in [0.1, 0.15) is 71.1 Å². The molecule has 0 radical (unpaired) electrons. The van der Waals surface area contributed by atoms with Gasteiger partial charge in [0.2, 0.25) is 0 Å². The molecule has 0 aliphatic heterocycles. The van der Waals surface area contributed by atoms with Gasteiger partial charge < -0.3 is 5.73 Å². The highest BCUT2D eigenvalue weighted by atomic mass is 17.0. The van der Waals surface area contributed by atoms with Gasteiger partial charge in [0, 0.05) is 0 Å². The van der Waals surface area contributed by atoms with Crippen LogP contribution >= 0.6 is 0 Å². The zero-order chi connectivity index (χ0) is 14.3. The van der Waals surface area contributed by atoms with Crippen molar-refractivity contribution in [2.75, 3.05) is 13.7 Å². The van der Waals surface area contributed by atoms with Crippen molar-refractivity contribution in [1.29, 1.82) is 0 Å². The van der Waals surface area contributed by atoms with Crippen molar-refractivity contribution in [1.82, 2.24) is 5.23 Å². The second-order valence-corrected chi connectivity index (χ2v) is 4.79. The van der Waals surface area contributed by atoms with Gasteiger partial charge in [-0.15, -0.1) is 0 Å². The Balaban J connectivity index is 3.16. The summed E-state index contributed by atoms with van der Waals surface area (Å²) in [5.41, 5.74) is 5.01. The first-order valence-corrected chi connectivity index (χ1v) is 7.49. The van der Waals surface area contributed by atoms with Gasteiger partial charge in [0.15, 0.2) is 0 Å². The summed E-state index contributed by atoms with van der Waals surface area (Å²) in [4.78, 5) is 20.4. The number of primary amides is 1. The lowest BCUT2D eigenvalue weighted by molar-refractivity contribution is -0.311. The van der Waals surface area contributed by atoms with E-state index in [4.69, 9.17) is 10.6 Å². The van der Waals surface area contributed by atoms with Gasteiger partial charge in [-0.1, -0.05) is 69.9 Å². The summed E-state index contributed by atoms with van der Waals surface area (Å²) >= 11 is 0. The van der Waals surface area contributed by atoms with E-state index in [-0.39, 0.29) is 0 Å². The number of unbranched alkanes of at least 4 members (excludes halogenated alkanes) is 9. The zero-order valence-corrected chi connectivity index (χ0v) is 12.5. The molecular formula is C14H30N2O3. The van der Waals surface area contributed by atoms with Crippen LogP contribution in [0, 0.1) is 0 Å². The van der Waals surface area contributed by atoms with E-state index in [0.29, 0.717) is 11.8 Å². The molecule has 0 unspecified atom stereocenters. The van der Waals surface area contributed by atoms with E-state index in [9.17, 15) is 4.79 Å². The van der Waals surface area contributed by atoms with Crippen LogP contribution in [0.5, 0.6) is 0 Å². The van der Waals surface area contributed by atoms with Crippen molar-refractivity contribution in [2.45, 2.75) is 71.1 Å². The van der Waals surface area contributed by atoms with Gasteiger partial charge in [-0.2, -0.15) is 0 Å². The van der Waals surface area contributed by atoms with Crippen molar-refractivity contribution in [3.63, 3.8) is 0 Å². The number of carbonyl (C=O) groups excluding carboxylic acids is 1. The maximum Gasteiger partial charge on any atom is 0.364 e. The number of hydrogen-bond donors (Lipinski definition) is 1. The normalized spacial score (nSPS) is 10.6. The largest absolute Gasteiger partial charge is 0.364 e. The Labute approximate surface area is 117 Å². The predicted molar refractivity (Wildman–Crippen MR) is 76.2 cm³/mol. The number of urea groups is 1. The summed E-state index contributed by atoms with van der Waals surface area (Å²) in [6, 6.07) is -0.727. The third-order valence-electron chi connectivity index (χ3n) is 3.05. The molecule has 0 rings (SSSR count). The minimum absolute atomic E-state index is 0.466. The minimum Gasteiger partial charge on any atom is -0.348 e. The quantitative estimate of drug-likeness (QED) is 0.410. The summed E-state index contributed by atoms with van der Waals surface area (Å²) in [7, 11) is 1.35. The van der Waals surface area contributed by atoms with Crippen LogP contribution in [-0.2, 0) is 9.68 Å². The Kier molecular flexibility index (Phi) is 13.0. The van der Waals surface area contributed by atoms with Gasteiger partial charge in [0.1, 0.15) is 0 Å². The predicted octanol–water partition coefficient (Wildman–Crippen LogP) is 3.78. The van der Waals surface area contributed by atoms with Gasteiger partial charge in [0.05, 0.1) is 13.7 Å². The highest BCUT2D eigenvalue weighted by molar-refractivity contribution is 5.69. The molecule has 5 heteroatoms. The Morgan fingerprint density at radius 1 is 0.947 bits per heavy atom. The number of carbonyl (C=O) groups is 1. The molecule has 2 amide bonds. The molecule has 0 saturated carbocycles. The van der Waals surface area contributed by atoms with E-state index in [1.807, 2.05) is 0 Å². The second kappa shape index (κ2) is 13.6. The first-order chi connectivity index (χ1) is 9.22. The lowest BCUT2D eigenvalue weighted by Crippen LogP contribution is -2.35. The van der Waals surface area contributed by atoms with Crippen molar-refractivity contribution < 1.29 is 14.5 Å². The molecule has 0 aromatic carbocycles. The summed E-state index contributed by atoms with van der Waals surface area (Å²) in [5, 5.41) is 0.716. The average molecular weight is 274 g/mol. The number of amides is 2. The van der Waals surface area contributed by atoms with E-state index in [2.05, 4.69) is 11.8 Å². The summed E-state index contributed by atoms with van der Waals surface area (Å²) < 4.78 is 0. The van der Waals surface area contributed by atoms with E-state index in [1.165, 1.54) is 58.5 Å². The fraction of sp³-hybridized carbons (Fsp3) is 0.929. The number of nitrogens with zero attached hydrogens (tertiary/aromatic N) is 1. The monoisotopic (exact) mass is 274 g/mol. The topological polar surface area (TPSA) is 64.8 Å². The Hall–Kier alpha value is -0.810. The SMILES string of the molecule is CCCCCCCCCCCCON(OC)C(N)=O. The van der Waals surface area contributed by atoms with Gasteiger partial charge in [0.25, 0.3) is 0 Å². The molecule has 0 aliphatic carbocycles. The van der Waals surface area contributed by atoms with E-state index < -0.39 is 6.03 Å². The first-order valence-electron chi connectivity index (χ1n) is 7.49. The molecule has 0 bridgehead atoms. The van der Waals surface area contributed by atoms with Crippen molar-refractivity contribution in [2.24, 2.45) is 5.73 Å². The van der Waals surface area contributed by atoms with Gasteiger partial charge in [-0.25, -0.2) is 14.5 Å². The molecule has 0 aliphatic rings. The van der Waals surface area contributed by atoms with Crippen molar-refractivity contribution >= 4 is 6.03 Å². The van der Waals surface area contributed by atoms with Gasteiger partial charge in [-0.05, 0) is 6.42 Å². The smallest absolute Gasteiger partial charge is 0.348 e. The maximum atomic E-state index is 10.7. The summed E-state index contributed by atoms with van der Waals surface area (Å²) in [6.07, 6.45) is 12.7. The molecule has 0 fully saturated rings. The number of rotatable bonds is 13. The molecule has 0 saturated heterocycles. The molecule has 5 nitrogen and oxygen atoms in total. The zero-order valence-electron chi connectivity index (χ0n) is 12.5. The summed E-state index contributed by atoms with van der Waals surface area (Å²) in [5.74, 6) is 0. The number of hydrogen-bond acceptors (Lipinski definition) is 3. The standard InChI is InChI=1S/C14H30N2O3/c1-3-4-5-6-7-8-9-10-11-12-13-19-16(18-2)14(15)17/h3-13H2,1-2H3,(H2,15,17). The Morgan fingerprint density at radius 2 is 1.42 bits per heavy atom. The second-order valence-electron chi connectivity index (χ2n) is 4.79. The van der Waals surface area contributed by atoms with E-state index in [0.717, 1.165) is 12.8 Å². The molecular weight excluding hydrogens is 244 g/mol. The van der Waals surface area contributed by atoms with Crippen LogP contribution in [0.3, 0.4) is 0 Å². The fourth-order valence-corrected chi connectivity index (χ4v) is 1.94. The van der Waals surface area contributed by atoms with Crippen LogP contribution in [0.2, 0.25) is 0 Å². The minimum atomic E-state index is -0.727. The van der Waals surface area contributed by atoms with E-state index >= 15 is 0 Å². The van der Waals surface area contributed by atoms with Crippen molar-refractivity contribution in [3.05, 3.63) is 0 Å². The lowest BCUT2D eigenvalue weighted by Gasteiger charge is -2.15. The first kappa shape index (κ1) is 18.2. The Morgan fingerprint density at radius 3 is 1.84 bits per heavy atom. The molecule has 19 heavy (non-hydrogen) atoms. The van der Waals surface area contributed by atoms with Crippen molar-refractivity contribution in [3.8, 4) is 0 Å². The highest BCUT2D eigenvalue weighted by Crippen LogP contribution is 2.10. The molecule has 114 valence electrons. The Bertz CT molecular complexity index is 213. The number of hydroxylamine groups is 2. The lowest BCUT2D eigenvalue weighted by atomic mass is 10.1.